The van der Waals surface area contributed by atoms with Gasteiger partial charge in [-0.3, -0.25) is 0 Å². The molecule has 0 rings (SSSR count). The van der Waals surface area contributed by atoms with E-state index >= 15 is 0 Å². The van der Waals surface area contributed by atoms with Gasteiger partial charge in [-0.15, -0.1) is 6.08 Å². The molecule has 0 aromatic carbocycles. The molecular weight excluding hydrogens is 228 g/mol. The minimum atomic E-state index is -0.809. The number of hydrogen-bond donors (Lipinski definition) is 0. The van der Waals surface area contributed by atoms with Gasteiger partial charge < -0.3 is 23.9 Å². The van der Waals surface area contributed by atoms with E-state index in [1.54, 1.807) is 0 Å². The Kier molecular flexibility index (Phi) is 15.3. The van der Waals surface area contributed by atoms with Crippen molar-refractivity contribution in [2.45, 2.75) is 32.1 Å². The molecule has 0 nitrogen and oxygen atoms in total. The summed E-state index contributed by atoms with van der Waals surface area (Å²) in [5, 5.41) is 0. The van der Waals surface area contributed by atoms with Gasteiger partial charge in [0.25, 0.3) is 0 Å². The zero-order chi connectivity index (χ0) is 7.33. The molecule has 0 fully saturated rings. The third kappa shape index (κ3) is 18.3. The molecule has 0 heterocycles. The predicted octanol–water partition coefficient (Wildman–Crippen LogP) is -0.272. The maximum Gasteiger partial charge on any atom is 2.00 e. The quantitative estimate of drug-likeness (QED) is 0.365. The maximum atomic E-state index is 3.73. The van der Waals surface area contributed by atoms with Crippen LogP contribution in [0.2, 0.25) is 25.7 Å². The standard InChI is InChI=1S/C8H17Si.BrH.Mg/c1-5-6-7-8-9(2,3)4;;/h6-7H,1,5,8H2,2-4H3;1H;/q-1;;+2/p-1. The molecule has 0 spiro atoms. The van der Waals surface area contributed by atoms with Crippen LogP contribution in [0.1, 0.15) is 6.42 Å². The Labute approximate surface area is 98.8 Å². The van der Waals surface area contributed by atoms with Gasteiger partial charge >= 0.3 is 23.1 Å². The molecular formula is C8H17BrMgSi. The topological polar surface area (TPSA) is 0 Å². The summed E-state index contributed by atoms with van der Waals surface area (Å²) in [6.45, 7) is 10.9. The van der Waals surface area contributed by atoms with Crippen molar-refractivity contribution < 1.29 is 17.0 Å². The summed E-state index contributed by atoms with van der Waals surface area (Å²) in [7, 11) is -0.809. The Hall–Kier alpha value is 1.20. The van der Waals surface area contributed by atoms with E-state index in [1.807, 2.05) is 0 Å². The molecule has 0 atom stereocenters. The van der Waals surface area contributed by atoms with Crippen molar-refractivity contribution in [2.75, 3.05) is 0 Å². The zero-order valence-electron chi connectivity index (χ0n) is 7.86. The largest absolute Gasteiger partial charge is 2.00 e. The molecule has 0 aromatic heterocycles. The fourth-order valence-electron chi connectivity index (χ4n) is 0.555. The van der Waals surface area contributed by atoms with Gasteiger partial charge in [-0.2, -0.15) is 6.42 Å². The van der Waals surface area contributed by atoms with Crippen LogP contribution in [0.4, 0.5) is 0 Å². The molecule has 11 heavy (non-hydrogen) atoms. The fraction of sp³-hybridized carbons (Fsp3) is 0.625. The molecule has 0 unspecified atom stereocenters. The van der Waals surface area contributed by atoms with Gasteiger partial charge in [-0.1, -0.05) is 25.7 Å². The SMILES string of the molecule is [Br-].[CH2-]CC=CC[Si](C)(C)C.[Mg+2]. The van der Waals surface area contributed by atoms with Gasteiger partial charge in [0, 0.05) is 8.07 Å². The molecule has 0 aliphatic heterocycles. The molecule has 0 saturated carbocycles. The van der Waals surface area contributed by atoms with Gasteiger partial charge in [0.2, 0.25) is 0 Å². The summed E-state index contributed by atoms with van der Waals surface area (Å²) in [5.74, 6) is 0. The maximum absolute atomic E-state index is 3.73. The van der Waals surface area contributed by atoms with Gasteiger partial charge in [0.15, 0.2) is 0 Å². The number of rotatable bonds is 3. The second-order valence-corrected chi connectivity index (χ2v) is 9.05. The second kappa shape index (κ2) is 9.29. The first-order valence-corrected chi connectivity index (χ1v) is 7.21. The number of allylic oxidation sites excluding steroid dienone is 2. The average molecular weight is 246 g/mol. The van der Waals surface area contributed by atoms with Gasteiger partial charge in [0.1, 0.15) is 0 Å². The molecule has 0 radical (unpaired) electrons. The Balaban J connectivity index is -0.000000320. The van der Waals surface area contributed by atoms with Crippen LogP contribution >= 0.6 is 0 Å². The Morgan fingerprint density at radius 3 is 1.91 bits per heavy atom. The molecule has 0 aromatic rings. The predicted molar refractivity (Wildman–Crippen MR) is 53.0 cm³/mol. The van der Waals surface area contributed by atoms with E-state index in [0.717, 1.165) is 6.42 Å². The Morgan fingerprint density at radius 1 is 1.18 bits per heavy atom. The molecule has 3 heteroatoms. The third-order valence-corrected chi connectivity index (χ3v) is 2.52. The van der Waals surface area contributed by atoms with Crippen LogP contribution in [0.25, 0.3) is 0 Å². The molecule has 0 amide bonds. The summed E-state index contributed by atoms with van der Waals surface area (Å²) in [4.78, 5) is 0. The van der Waals surface area contributed by atoms with Crippen molar-refractivity contribution in [2.24, 2.45) is 0 Å². The zero-order valence-corrected chi connectivity index (χ0v) is 11.9. The average Bonchev–Trinajstić information content (AvgIpc) is 1.63. The fourth-order valence-corrected chi connectivity index (χ4v) is 1.43. The van der Waals surface area contributed by atoms with E-state index in [9.17, 15) is 0 Å². The first-order chi connectivity index (χ1) is 4.06. The summed E-state index contributed by atoms with van der Waals surface area (Å²) >= 11 is 0. The van der Waals surface area contributed by atoms with Crippen LogP contribution in [-0.2, 0) is 0 Å². The van der Waals surface area contributed by atoms with E-state index in [1.165, 1.54) is 6.04 Å². The normalized spacial score (nSPS) is 10.5. The molecule has 0 aliphatic rings. The molecule has 0 bridgehead atoms. The molecule has 0 N–H and O–H groups in total. The Bertz CT molecular complexity index is 96.8. The molecule has 62 valence electrons. The van der Waals surface area contributed by atoms with E-state index < -0.39 is 8.07 Å². The van der Waals surface area contributed by atoms with Crippen molar-refractivity contribution in [3.8, 4) is 0 Å². The van der Waals surface area contributed by atoms with Crippen LogP contribution in [-0.4, -0.2) is 31.1 Å². The van der Waals surface area contributed by atoms with Crippen LogP contribution in [0.5, 0.6) is 0 Å². The van der Waals surface area contributed by atoms with Crippen molar-refractivity contribution in [1.82, 2.24) is 0 Å². The van der Waals surface area contributed by atoms with E-state index in [-0.39, 0.29) is 40.0 Å². The minimum absolute atomic E-state index is 0. The van der Waals surface area contributed by atoms with Crippen LogP contribution in [0.15, 0.2) is 12.2 Å². The van der Waals surface area contributed by atoms with Crippen LogP contribution < -0.4 is 17.0 Å². The Morgan fingerprint density at radius 2 is 1.64 bits per heavy atom. The summed E-state index contributed by atoms with van der Waals surface area (Å²) in [5.41, 5.74) is 0. The van der Waals surface area contributed by atoms with Gasteiger partial charge in [-0.25, -0.2) is 0 Å². The number of halogens is 1. The number of hydrogen-bond acceptors (Lipinski definition) is 0. The van der Waals surface area contributed by atoms with Crippen molar-refractivity contribution in [3.05, 3.63) is 19.1 Å². The summed E-state index contributed by atoms with van der Waals surface area (Å²) < 4.78 is 0. The first-order valence-electron chi connectivity index (χ1n) is 3.50. The van der Waals surface area contributed by atoms with Crippen molar-refractivity contribution in [3.63, 3.8) is 0 Å². The van der Waals surface area contributed by atoms with Gasteiger partial charge in [0.05, 0.1) is 0 Å². The van der Waals surface area contributed by atoms with E-state index in [0.29, 0.717) is 0 Å². The molecule has 0 aliphatic carbocycles. The van der Waals surface area contributed by atoms with Gasteiger partial charge in [-0.05, 0) is 6.04 Å². The summed E-state index contributed by atoms with van der Waals surface area (Å²) in [6, 6.07) is 1.29. The second-order valence-electron chi connectivity index (χ2n) is 3.52. The summed E-state index contributed by atoms with van der Waals surface area (Å²) in [6.07, 6.45) is 5.35. The van der Waals surface area contributed by atoms with E-state index in [4.69, 9.17) is 0 Å². The third-order valence-electron chi connectivity index (χ3n) is 1.06. The van der Waals surface area contributed by atoms with Crippen LogP contribution in [0, 0.1) is 6.92 Å². The monoisotopic (exact) mass is 244 g/mol. The van der Waals surface area contributed by atoms with E-state index in [2.05, 4.69) is 38.7 Å². The first kappa shape index (κ1) is 18.1. The molecule has 0 saturated heterocycles. The van der Waals surface area contributed by atoms with Crippen molar-refractivity contribution in [1.29, 1.82) is 0 Å². The minimum Gasteiger partial charge on any atom is -1.00 e. The van der Waals surface area contributed by atoms with Crippen molar-refractivity contribution >= 4 is 31.1 Å². The van der Waals surface area contributed by atoms with Crippen LogP contribution in [0.3, 0.4) is 0 Å². The smallest absolute Gasteiger partial charge is 1.00 e.